The highest BCUT2D eigenvalue weighted by atomic mass is 35.5. The first-order valence-electron chi connectivity index (χ1n) is 14.2. The molecular formula is C30H30ClN5O7S. The number of hydrogen-bond donors (Lipinski definition) is 1. The lowest BCUT2D eigenvalue weighted by Gasteiger charge is -2.34. The summed E-state index contributed by atoms with van der Waals surface area (Å²) < 4.78 is 22.9. The maximum Gasteiger partial charge on any atom is 0.519 e. The number of likely N-dealkylation sites (tertiary alicyclic amines) is 1. The van der Waals surface area contributed by atoms with Crippen molar-refractivity contribution in [1.82, 2.24) is 25.2 Å². The van der Waals surface area contributed by atoms with E-state index in [1.165, 1.54) is 11.3 Å². The van der Waals surface area contributed by atoms with E-state index >= 15 is 0 Å². The van der Waals surface area contributed by atoms with Crippen molar-refractivity contribution < 1.29 is 27.7 Å². The summed E-state index contributed by atoms with van der Waals surface area (Å²) in [4.78, 5) is 41.1. The average molecular weight is 640 g/mol. The van der Waals surface area contributed by atoms with Gasteiger partial charge in [-0.3, -0.25) is 9.48 Å². The van der Waals surface area contributed by atoms with Gasteiger partial charge in [-0.15, -0.1) is 11.3 Å². The Morgan fingerprint density at radius 2 is 1.95 bits per heavy atom. The second kappa shape index (κ2) is 12.4. The number of aromatic nitrogens is 3. The standard InChI is InChI=1S/C30H30ClN5O7S/c1-16(2)35-10-8-19(9-11-35)32-28(37)27-21-12-18(29(38)40-15-24-17(3)41-30(39)42-24)4-5-22(21)36(33-27)14-20-13-23(43-34-20)25-6-7-26(31)44-25/h4-7,12-13,16,19H,8-11,14-15H2,1-3H3,(H,32,37). The second-order valence-electron chi connectivity index (χ2n) is 10.9. The fraction of sp³-hybridized carbons (Fsp3) is 0.367. The van der Waals surface area contributed by atoms with E-state index in [-0.39, 0.29) is 47.9 Å². The number of nitrogens with one attached hydrogen (secondary N) is 1. The molecule has 0 saturated carbocycles. The smallest absolute Gasteiger partial charge is 0.454 e. The first-order valence-corrected chi connectivity index (χ1v) is 15.4. The number of carbonyl (C=O) groups is 2. The van der Waals surface area contributed by atoms with Crippen LogP contribution in [0, 0.1) is 6.92 Å². The van der Waals surface area contributed by atoms with Gasteiger partial charge in [0.15, 0.2) is 29.6 Å². The Labute approximate surface area is 260 Å². The normalized spacial score (nSPS) is 14.5. The summed E-state index contributed by atoms with van der Waals surface area (Å²) in [6.07, 6.45) is 1.66. The van der Waals surface area contributed by atoms with Crippen molar-refractivity contribution in [2.24, 2.45) is 0 Å². The third-order valence-corrected chi connectivity index (χ3v) is 8.90. The predicted molar refractivity (Wildman–Crippen MR) is 162 cm³/mol. The van der Waals surface area contributed by atoms with E-state index in [1.54, 1.807) is 41.9 Å². The van der Waals surface area contributed by atoms with Gasteiger partial charge in [-0.1, -0.05) is 16.8 Å². The number of halogens is 1. The lowest BCUT2D eigenvalue weighted by Crippen LogP contribution is -2.46. The van der Waals surface area contributed by atoms with Gasteiger partial charge in [0.05, 0.1) is 26.8 Å². The van der Waals surface area contributed by atoms with Crippen LogP contribution >= 0.6 is 22.9 Å². The van der Waals surface area contributed by atoms with Crippen molar-refractivity contribution in [2.75, 3.05) is 13.1 Å². The van der Waals surface area contributed by atoms with Crippen LogP contribution in [0.2, 0.25) is 4.34 Å². The Kier molecular flexibility index (Phi) is 8.43. The summed E-state index contributed by atoms with van der Waals surface area (Å²) in [5.41, 5.74) is 1.62. The number of esters is 1. The van der Waals surface area contributed by atoms with Crippen LogP contribution in [0.5, 0.6) is 0 Å². The van der Waals surface area contributed by atoms with Gasteiger partial charge in [0.1, 0.15) is 5.69 Å². The van der Waals surface area contributed by atoms with Gasteiger partial charge in [0.25, 0.3) is 5.91 Å². The number of benzene rings is 1. The maximum atomic E-state index is 13.6. The molecule has 0 atom stereocenters. The zero-order chi connectivity index (χ0) is 31.0. The molecule has 1 saturated heterocycles. The Balaban J connectivity index is 1.27. The van der Waals surface area contributed by atoms with Gasteiger partial charge >= 0.3 is 11.8 Å². The van der Waals surface area contributed by atoms with E-state index in [9.17, 15) is 14.4 Å². The Bertz CT molecular complexity index is 1880. The molecule has 44 heavy (non-hydrogen) atoms. The Morgan fingerprint density at radius 1 is 1.16 bits per heavy atom. The molecule has 1 N–H and O–H groups in total. The van der Waals surface area contributed by atoms with Gasteiger partial charge in [0.2, 0.25) is 0 Å². The molecule has 1 fully saturated rings. The summed E-state index contributed by atoms with van der Waals surface area (Å²) in [5.74, 6) is -0.925. The van der Waals surface area contributed by atoms with E-state index in [0.29, 0.717) is 32.7 Å². The molecule has 4 aromatic heterocycles. The topological polar surface area (TPSA) is 146 Å². The lowest BCUT2D eigenvalue weighted by molar-refractivity contribution is 0.0443. The van der Waals surface area contributed by atoms with Crippen molar-refractivity contribution >= 4 is 45.7 Å². The summed E-state index contributed by atoms with van der Waals surface area (Å²) >= 11 is 7.46. The molecule has 1 aliphatic heterocycles. The molecule has 1 amide bonds. The maximum absolute atomic E-state index is 13.6. The van der Waals surface area contributed by atoms with E-state index in [1.807, 2.05) is 6.07 Å². The number of piperidine rings is 1. The average Bonchev–Trinajstić information content (AvgIpc) is 3.79. The van der Waals surface area contributed by atoms with E-state index < -0.39 is 11.8 Å². The number of ether oxygens (including phenoxy) is 1. The fourth-order valence-corrected chi connectivity index (χ4v) is 6.22. The first kappa shape index (κ1) is 29.9. The van der Waals surface area contributed by atoms with Gasteiger partial charge < -0.3 is 28.3 Å². The monoisotopic (exact) mass is 639 g/mol. The summed E-state index contributed by atoms with van der Waals surface area (Å²) in [5, 5.41) is 12.5. The van der Waals surface area contributed by atoms with Crippen LogP contribution in [0.3, 0.4) is 0 Å². The SMILES string of the molecule is Cc1oc(=O)oc1COC(=O)c1ccc2c(c1)c(C(=O)NC1CCN(C(C)C)CC1)nn2Cc1cc(-c2ccc(Cl)s2)on1. The Morgan fingerprint density at radius 3 is 2.64 bits per heavy atom. The van der Waals surface area contributed by atoms with Gasteiger partial charge in [-0.25, -0.2) is 9.59 Å². The fourth-order valence-electron chi connectivity index (χ4n) is 5.23. The van der Waals surface area contributed by atoms with Crippen LogP contribution in [0.4, 0.5) is 0 Å². The summed E-state index contributed by atoms with van der Waals surface area (Å²) in [7, 11) is 0. The molecular weight excluding hydrogens is 610 g/mol. The highest BCUT2D eigenvalue weighted by molar-refractivity contribution is 7.19. The van der Waals surface area contributed by atoms with Crippen LogP contribution in [-0.4, -0.2) is 56.9 Å². The minimum absolute atomic E-state index is 0.00872. The minimum Gasteiger partial charge on any atom is -0.454 e. The van der Waals surface area contributed by atoms with Crippen LogP contribution in [-0.2, 0) is 17.9 Å². The second-order valence-corrected chi connectivity index (χ2v) is 12.6. The van der Waals surface area contributed by atoms with Crippen molar-refractivity contribution in [1.29, 1.82) is 0 Å². The third-order valence-electron chi connectivity index (χ3n) is 7.65. The summed E-state index contributed by atoms with van der Waals surface area (Å²) in [6.45, 7) is 7.61. The van der Waals surface area contributed by atoms with E-state index in [4.69, 9.17) is 29.7 Å². The van der Waals surface area contributed by atoms with Gasteiger partial charge in [-0.2, -0.15) is 5.10 Å². The van der Waals surface area contributed by atoms with Crippen LogP contribution in [0.1, 0.15) is 64.7 Å². The van der Waals surface area contributed by atoms with Gasteiger partial charge in [-0.05, 0) is 63.9 Å². The number of thiophene rings is 1. The molecule has 230 valence electrons. The first-order chi connectivity index (χ1) is 21.1. The lowest BCUT2D eigenvalue weighted by atomic mass is 10.0. The quantitative estimate of drug-likeness (QED) is 0.212. The van der Waals surface area contributed by atoms with Crippen molar-refractivity contribution in [2.45, 2.75) is 58.8 Å². The van der Waals surface area contributed by atoms with Crippen molar-refractivity contribution in [3.63, 3.8) is 0 Å². The van der Waals surface area contributed by atoms with E-state index in [2.05, 4.69) is 34.3 Å². The molecule has 14 heteroatoms. The molecule has 1 aliphatic rings. The number of hydrogen-bond acceptors (Lipinski definition) is 11. The van der Waals surface area contributed by atoms with Crippen molar-refractivity contribution in [3.8, 4) is 10.6 Å². The number of carbonyl (C=O) groups excluding carboxylic acids is 2. The number of amides is 1. The highest BCUT2D eigenvalue weighted by Crippen LogP contribution is 2.32. The molecule has 1 aromatic carbocycles. The van der Waals surface area contributed by atoms with E-state index in [0.717, 1.165) is 30.8 Å². The van der Waals surface area contributed by atoms with Crippen LogP contribution in [0.25, 0.3) is 21.5 Å². The molecule has 0 spiro atoms. The zero-order valence-corrected chi connectivity index (χ0v) is 25.9. The number of nitrogens with zero attached hydrogens (tertiary/aromatic N) is 4. The zero-order valence-electron chi connectivity index (χ0n) is 24.3. The predicted octanol–water partition coefficient (Wildman–Crippen LogP) is 5.27. The van der Waals surface area contributed by atoms with Crippen molar-refractivity contribution in [3.05, 3.63) is 79.8 Å². The number of fused-ring (bicyclic) bond motifs is 1. The van der Waals surface area contributed by atoms with Crippen LogP contribution < -0.4 is 11.1 Å². The highest BCUT2D eigenvalue weighted by Gasteiger charge is 2.26. The van der Waals surface area contributed by atoms with Gasteiger partial charge in [0, 0.05) is 36.6 Å². The molecule has 6 rings (SSSR count). The molecule has 0 unspecified atom stereocenters. The Hall–Kier alpha value is -4.20. The summed E-state index contributed by atoms with van der Waals surface area (Å²) in [6, 6.07) is 10.8. The molecule has 0 aliphatic carbocycles. The molecule has 0 radical (unpaired) electrons. The third kappa shape index (κ3) is 6.35. The number of rotatable bonds is 9. The molecule has 5 aromatic rings. The molecule has 0 bridgehead atoms. The number of aryl methyl sites for hydroxylation is 1. The minimum atomic E-state index is -0.869. The molecule has 5 heterocycles. The largest absolute Gasteiger partial charge is 0.519 e. The van der Waals surface area contributed by atoms with Crippen LogP contribution in [0.15, 0.2) is 54.6 Å². The molecule has 12 nitrogen and oxygen atoms in total.